The van der Waals surface area contributed by atoms with Gasteiger partial charge in [0, 0.05) is 12.8 Å². The molecule has 2 unspecified atom stereocenters. The molecule has 9 nitrogen and oxygen atoms in total. The van der Waals surface area contributed by atoms with E-state index in [9.17, 15) is 19.5 Å². The Bertz CT molecular complexity index is 1080. The number of likely N-dealkylation sites (N-methyl/N-ethyl adjacent to an activating group) is 1. The zero-order valence-electron chi connectivity index (χ0n) is 39.6. The number of rotatable bonds is 45. The predicted molar refractivity (Wildman–Crippen MR) is 246 cm³/mol. The van der Waals surface area contributed by atoms with Crippen molar-refractivity contribution in [2.24, 2.45) is 0 Å². The van der Waals surface area contributed by atoms with Gasteiger partial charge in [0.2, 0.25) is 0 Å². The van der Waals surface area contributed by atoms with Crippen molar-refractivity contribution < 1.29 is 42.9 Å². The summed E-state index contributed by atoms with van der Waals surface area (Å²) in [4.78, 5) is 37.1. The van der Waals surface area contributed by atoms with Gasteiger partial charge in [-0.3, -0.25) is 9.59 Å². The van der Waals surface area contributed by atoms with Gasteiger partial charge in [0.1, 0.15) is 13.2 Å². The summed E-state index contributed by atoms with van der Waals surface area (Å²) in [7, 11) is 5.91. The molecule has 0 bridgehead atoms. The highest BCUT2D eigenvalue weighted by Gasteiger charge is 2.21. The average Bonchev–Trinajstić information content (AvgIpc) is 3.21. The fourth-order valence-corrected chi connectivity index (χ4v) is 6.78. The van der Waals surface area contributed by atoms with Crippen LogP contribution in [0.3, 0.4) is 0 Å². The summed E-state index contributed by atoms with van der Waals surface area (Å²) >= 11 is 0. The van der Waals surface area contributed by atoms with Crippen LogP contribution in [0.4, 0.5) is 0 Å². The number of esters is 2. The Kier molecular flexibility index (Phi) is 41.4. The zero-order chi connectivity index (χ0) is 44.2. The van der Waals surface area contributed by atoms with E-state index in [1.54, 1.807) is 0 Å². The van der Waals surface area contributed by atoms with Crippen molar-refractivity contribution in [1.82, 2.24) is 0 Å². The summed E-state index contributed by atoms with van der Waals surface area (Å²) in [6, 6.07) is 0. The summed E-state index contributed by atoms with van der Waals surface area (Å²) in [6.07, 6.45) is 45.9. The van der Waals surface area contributed by atoms with Crippen molar-refractivity contribution >= 4 is 17.9 Å². The van der Waals surface area contributed by atoms with Gasteiger partial charge in [-0.1, -0.05) is 185 Å². The van der Waals surface area contributed by atoms with Crippen molar-refractivity contribution in [2.45, 2.75) is 225 Å². The number of ether oxygens (including phenoxy) is 4. The SMILES string of the molecule is CCCCC/C=C\C/C=C\C/C=C\CCCCCCCCC(=O)OC(COC(=O)CCCCCCCCCCCCCCCCCC)COC(OCC[N+](C)(C)C)C(=O)[O-]. The van der Waals surface area contributed by atoms with Gasteiger partial charge in [0.05, 0.1) is 40.3 Å². The van der Waals surface area contributed by atoms with E-state index in [1.165, 1.54) is 109 Å². The fourth-order valence-electron chi connectivity index (χ4n) is 6.78. The highest BCUT2D eigenvalue weighted by molar-refractivity contribution is 5.70. The van der Waals surface area contributed by atoms with Crippen LogP contribution in [0.15, 0.2) is 36.5 Å². The smallest absolute Gasteiger partial charge is 0.306 e. The second-order valence-corrected chi connectivity index (χ2v) is 17.8. The largest absolute Gasteiger partial charge is 0.545 e. The van der Waals surface area contributed by atoms with E-state index in [0.29, 0.717) is 23.9 Å². The Morgan fingerprint density at radius 3 is 1.37 bits per heavy atom. The van der Waals surface area contributed by atoms with Crippen molar-refractivity contribution in [3.05, 3.63) is 36.5 Å². The van der Waals surface area contributed by atoms with Gasteiger partial charge >= 0.3 is 11.9 Å². The third-order valence-corrected chi connectivity index (χ3v) is 10.6. The van der Waals surface area contributed by atoms with E-state index in [4.69, 9.17) is 18.9 Å². The normalized spacial score (nSPS) is 13.2. The first-order valence-corrected chi connectivity index (χ1v) is 24.6. The van der Waals surface area contributed by atoms with E-state index in [0.717, 1.165) is 70.6 Å². The Hall–Kier alpha value is -2.49. The Morgan fingerprint density at radius 1 is 0.500 bits per heavy atom. The maximum absolute atomic E-state index is 12.8. The standard InChI is InChI=1S/C51H93NO8/c1-6-8-10-12-14-16-18-20-22-24-25-26-28-30-32-34-36-38-40-42-49(54)60-47(46-59-51(50(55)56)57-44-43-52(3,4)5)45-58-48(53)41-39-37-35-33-31-29-27-23-21-19-17-15-13-11-9-7-2/h14,16,20,22,25-26,47,51H,6-13,15,17-19,21,23-24,27-46H2,1-5H3/b16-14-,22-20-,26-25-. The molecule has 0 aromatic heterocycles. The first kappa shape index (κ1) is 57.5. The number of carbonyl (C=O) groups excluding carboxylic acids is 3. The first-order chi connectivity index (χ1) is 29.1. The topological polar surface area (TPSA) is 111 Å². The molecule has 350 valence electrons. The van der Waals surface area contributed by atoms with Gasteiger partial charge in [-0.15, -0.1) is 0 Å². The van der Waals surface area contributed by atoms with E-state index < -0.39 is 24.3 Å². The van der Waals surface area contributed by atoms with Crippen molar-refractivity contribution in [2.75, 3.05) is 47.5 Å². The van der Waals surface area contributed by atoms with Crippen LogP contribution < -0.4 is 5.11 Å². The Labute approximate surface area is 369 Å². The third-order valence-electron chi connectivity index (χ3n) is 10.6. The minimum atomic E-state index is -1.62. The van der Waals surface area contributed by atoms with Crippen LogP contribution in [-0.4, -0.2) is 82.3 Å². The molecule has 60 heavy (non-hydrogen) atoms. The second-order valence-electron chi connectivity index (χ2n) is 17.8. The molecule has 0 aliphatic heterocycles. The van der Waals surface area contributed by atoms with Crippen molar-refractivity contribution in [3.8, 4) is 0 Å². The lowest BCUT2D eigenvalue weighted by atomic mass is 10.0. The molecule has 0 spiro atoms. The number of carboxylic acid groups (broad SMARTS) is 1. The van der Waals surface area contributed by atoms with Crippen LogP contribution in [0, 0.1) is 0 Å². The molecule has 0 heterocycles. The van der Waals surface area contributed by atoms with Crippen LogP contribution >= 0.6 is 0 Å². The second kappa shape index (κ2) is 43.2. The molecular formula is C51H93NO8. The van der Waals surface area contributed by atoms with Gasteiger partial charge in [0.25, 0.3) is 0 Å². The summed E-state index contributed by atoms with van der Waals surface area (Å²) in [5.74, 6) is -2.29. The third kappa shape index (κ3) is 43.6. The number of hydrogen-bond donors (Lipinski definition) is 0. The van der Waals surface area contributed by atoms with Crippen LogP contribution in [0.5, 0.6) is 0 Å². The number of carbonyl (C=O) groups is 3. The number of carboxylic acids is 1. The highest BCUT2D eigenvalue weighted by Crippen LogP contribution is 2.15. The molecule has 0 aromatic carbocycles. The van der Waals surface area contributed by atoms with Gasteiger partial charge in [-0.05, 0) is 51.4 Å². The quantitative estimate of drug-likeness (QED) is 0.0196. The molecule has 0 N–H and O–H groups in total. The Balaban J connectivity index is 4.39. The van der Waals surface area contributed by atoms with Gasteiger partial charge in [-0.25, -0.2) is 0 Å². The molecule has 2 atom stereocenters. The molecule has 0 radical (unpaired) electrons. The highest BCUT2D eigenvalue weighted by atomic mass is 16.7. The van der Waals surface area contributed by atoms with Crippen molar-refractivity contribution in [3.63, 3.8) is 0 Å². The van der Waals surface area contributed by atoms with Gasteiger partial charge in [0.15, 0.2) is 12.4 Å². The van der Waals surface area contributed by atoms with Crippen LogP contribution in [0.25, 0.3) is 0 Å². The maximum atomic E-state index is 12.8. The number of allylic oxidation sites excluding steroid dienone is 6. The van der Waals surface area contributed by atoms with Gasteiger partial charge in [-0.2, -0.15) is 0 Å². The Morgan fingerprint density at radius 2 is 0.900 bits per heavy atom. The van der Waals surface area contributed by atoms with Crippen LogP contribution in [0.2, 0.25) is 0 Å². The maximum Gasteiger partial charge on any atom is 0.306 e. The molecule has 0 amide bonds. The zero-order valence-corrected chi connectivity index (χ0v) is 39.6. The lowest BCUT2D eigenvalue weighted by Gasteiger charge is -2.26. The predicted octanol–water partition coefficient (Wildman–Crippen LogP) is 12.1. The monoisotopic (exact) mass is 848 g/mol. The minimum Gasteiger partial charge on any atom is -0.545 e. The summed E-state index contributed by atoms with van der Waals surface area (Å²) in [5.41, 5.74) is 0. The lowest BCUT2D eigenvalue weighted by molar-refractivity contribution is -0.870. The molecule has 0 aromatic rings. The van der Waals surface area contributed by atoms with Crippen molar-refractivity contribution in [1.29, 1.82) is 0 Å². The molecule has 9 heteroatoms. The summed E-state index contributed by atoms with van der Waals surface area (Å²) in [6.45, 7) is 4.72. The van der Waals surface area contributed by atoms with E-state index in [2.05, 4.69) is 50.3 Å². The molecule has 0 aliphatic carbocycles. The van der Waals surface area contributed by atoms with E-state index >= 15 is 0 Å². The van der Waals surface area contributed by atoms with Gasteiger partial charge < -0.3 is 33.3 Å². The summed E-state index contributed by atoms with van der Waals surface area (Å²) < 4.78 is 22.6. The number of hydrogen-bond acceptors (Lipinski definition) is 8. The van der Waals surface area contributed by atoms with Crippen LogP contribution in [-0.2, 0) is 33.3 Å². The fraction of sp³-hybridized carbons (Fsp3) is 0.824. The number of aliphatic carboxylic acids is 1. The molecular weight excluding hydrogens is 755 g/mol. The number of unbranched alkanes of at least 4 members (excludes halogenated alkanes) is 24. The number of quaternary nitrogens is 1. The lowest BCUT2D eigenvalue weighted by Crippen LogP contribution is -2.44. The van der Waals surface area contributed by atoms with E-state index in [-0.39, 0.29) is 32.2 Å². The molecule has 0 aliphatic rings. The van der Waals surface area contributed by atoms with E-state index in [1.807, 2.05) is 21.1 Å². The average molecular weight is 848 g/mol. The minimum absolute atomic E-state index is 0.146. The molecule has 0 saturated carbocycles. The number of nitrogens with zero attached hydrogens (tertiary/aromatic N) is 1. The molecule has 0 fully saturated rings. The van der Waals surface area contributed by atoms with Crippen LogP contribution in [0.1, 0.15) is 213 Å². The summed E-state index contributed by atoms with van der Waals surface area (Å²) in [5, 5.41) is 11.7. The molecule has 0 rings (SSSR count). The first-order valence-electron chi connectivity index (χ1n) is 24.6. The molecule has 0 saturated heterocycles.